The Morgan fingerprint density at radius 2 is 1.85 bits per heavy atom. The summed E-state index contributed by atoms with van der Waals surface area (Å²) in [6, 6.07) is 2.32. The number of ether oxygens (including phenoxy) is 2. The van der Waals surface area contributed by atoms with E-state index in [4.69, 9.17) is 9.47 Å². The lowest BCUT2D eigenvalue weighted by Gasteiger charge is -2.28. The van der Waals surface area contributed by atoms with E-state index in [1.807, 2.05) is 0 Å². The minimum atomic E-state index is -0.987. The lowest BCUT2D eigenvalue weighted by Crippen LogP contribution is -2.51. The minimum Gasteiger partial charge on any atom is -0.462 e. The number of carbonyl (C=O) groups is 3. The number of rotatable bonds is 8. The van der Waals surface area contributed by atoms with E-state index in [9.17, 15) is 23.2 Å². The second-order valence-corrected chi connectivity index (χ2v) is 12.3. The highest BCUT2D eigenvalue weighted by Crippen LogP contribution is 2.57. The van der Waals surface area contributed by atoms with Crippen molar-refractivity contribution >= 4 is 18.0 Å². The van der Waals surface area contributed by atoms with Gasteiger partial charge in [0.25, 0.3) is 5.91 Å². The van der Waals surface area contributed by atoms with Crippen molar-refractivity contribution in [3.05, 3.63) is 46.8 Å². The van der Waals surface area contributed by atoms with Crippen LogP contribution in [0.4, 0.5) is 13.6 Å². The van der Waals surface area contributed by atoms with E-state index in [1.165, 1.54) is 10.7 Å². The van der Waals surface area contributed by atoms with Crippen molar-refractivity contribution in [1.82, 2.24) is 20.4 Å². The fourth-order valence-corrected chi connectivity index (χ4v) is 4.81. The third kappa shape index (κ3) is 6.39. The Bertz CT molecular complexity index is 1300. The lowest BCUT2D eigenvalue weighted by molar-refractivity contribution is -0.149. The molecule has 2 amide bonds. The van der Waals surface area contributed by atoms with Crippen molar-refractivity contribution < 1.29 is 32.6 Å². The molecule has 0 unspecified atom stereocenters. The van der Waals surface area contributed by atoms with Crippen LogP contribution in [0, 0.1) is 23.5 Å². The Labute approximate surface area is 226 Å². The predicted octanol–water partition coefficient (Wildman–Crippen LogP) is 4.41. The summed E-state index contributed by atoms with van der Waals surface area (Å²) in [6.07, 6.45) is 0.872. The fraction of sp³-hybridized carbons (Fsp3) is 0.571. The third-order valence-electron chi connectivity index (χ3n) is 6.74. The number of halogens is 2. The first-order valence-electron chi connectivity index (χ1n) is 13.1. The molecule has 1 fully saturated rings. The molecule has 2 aliphatic rings. The van der Waals surface area contributed by atoms with E-state index in [0.717, 1.165) is 29.8 Å². The summed E-state index contributed by atoms with van der Waals surface area (Å²) in [7, 11) is 0. The first kappa shape index (κ1) is 28.5. The van der Waals surface area contributed by atoms with Crippen molar-refractivity contribution in [2.45, 2.75) is 84.4 Å². The predicted molar refractivity (Wildman–Crippen MR) is 139 cm³/mol. The van der Waals surface area contributed by atoms with Crippen molar-refractivity contribution in [1.29, 1.82) is 0 Å². The lowest BCUT2D eigenvalue weighted by atomic mass is 10.0. The van der Waals surface area contributed by atoms with E-state index in [1.54, 1.807) is 48.5 Å². The van der Waals surface area contributed by atoms with Gasteiger partial charge in [0.2, 0.25) is 0 Å². The molecular formula is C28H36F2N4O5. The van der Waals surface area contributed by atoms with E-state index in [0.29, 0.717) is 12.3 Å². The average molecular weight is 547 g/mol. The van der Waals surface area contributed by atoms with Gasteiger partial charge in [-0.3, -0.25) is 4.79 Å². The maximum Gasteiger partial charge on any atom is 0.408 e. The Morgan fingerprint density at radius 3 is 2.46 bits per heavy atom. The monoisotopic (exact) mass is 546 g/mol. The first-order chi connectivity index (χ1) is 18.1. The van der Waals surface area contributed by atoms with Crippen LogP contribution in [0.15, 0.2) is 18.2 Å². The molecule has 11 heteroatoms. The van der Waals surface area contributed by atoms with Crippen LogP contribution in [0.1, 0.15) is 82.6 Å². The van der Waals surface area contributed by atoms with Crippen LogP contribution in [0.2, 0.25) is 0 Å². The van der Waals surface area contributed by atoms with Crippen molar-refractivity contribution in [2.24, 2.45) is 11.8 Å². The summed E-state index contributed by atoms with van der Waals surface area (Å²) >= 11 is 0. The zero-order valence-corrected chi connectivity index (χ0v) is 23.4. The summed E-state index contributed by atoms with van der Waals surface area (Å²) in [4.78, 5) is 38.3. The van der Waals surface area contributed by atoms with Crippen LogP contribution in [0.3, 0.4) is 0 Å². The van der Waals surface area contributed by atoms with Gasteiger partial charge in [0.05, 0.1) is 11.2 Å². The Balaban J connectivity index is 1.45. The van der Waals surface area contributed by atoms with Gasteiger partial charge in [-0.25, -0.2) is 23.1 Å². The van der Waals surface area contributed by atoms with Crippen LogP contribution in [-0.2, 0) is 20.7 Å². The molecule has 1 aromatic heterocycles. The number of fused-ring (bicyclic) bond motifs is 3. The van der Waals surface area contributed by atoms with Crippen molar-refractivity contribution in [2.75, 3.05) is 6.61 Å². The number of alkyl carbamates (subject to hydrolysis) is 1. The standard InChI is InChI=1S/C28H36F2N4O5/c1-14(2)21(31-26(37)39-27(3,4)5)25(36)38-13-28(6,7)32-24(35)22-18-11-15-10-17(15)23(18)34(33-22)20-9-8-16(29)12-19(20)30/h8-9,12,14-15,17,21H,10-11,13H2,1-7H3,(H,31,37)(H,32,35)/t15-,17-,21+/m1/s1. The number of hydrogen-bond acceptors (Lipinski definition) is 6. The molecule has 0 bridgehead atoms. The van der Waals surface area contributed by atoms with Gasteiger partial charge >= 0.3 is 12.1 Å². The van der Waals surface area contributed by atoms with E-state index < -0.39 is 46.8 Å². The molecule has 2 N–H and O–H groups in total. The Morgan fingerprint density at radius 1 is 1.15 bits per heavy atom. The normalized spacial score (nSPS) is 18.7. The second kappa shape index (κ2) is 10.2. The number of nitrogens with zero attached hydrogens (tertiary/aromatic N) is 2. The van der Waals surface area contributed by atoms with Gasteiger partial charge in [0.15, 0.2) is 11.5 Å². The molecule has 1 aromatic carbocycles. The Kier molecular flexibility index (Phi) is 7.48. The molecule has 2 aromatic rings. The smallest absolute Gasteiger partial charge is 0.408 e. The van der Waals surface area contributed by atoms with Crippen LogP contribution in [0.5, 0.6) is 0 Å². The molecule has 9 nitrogen and oxygen atoms in total. The zero-order chi connectivity index (χ0) is 28.9. The van der Waals surface area contributed by atoms with Crippen molar-refractivity contribution in [3.63, 3.8) is 0 Å². The molecule has 2 aliphatic carbocycles. The molecule has 212 valence electrons. The van der Waals surface area contributed by atoms with Gasteiger partial charge < -0.3 is 20.1 Å². The SMILES string of the molecule is CC(C)[C@H](NC(=O)OC(C)(C)C)C(=O)OCC(C)(C)NC(=O)c1nn(-c2ccc(F)cc2F)c2c1C[C@H]1C[C@@H]21. The van der Waals surface area contributed by atoms with E-state index >= 15 is 0 Å². The first-order valence-corrected chi connectivity index (χ1v) is 13.1. The van der Waals surface area contributed by atoms with Crippen LogP contribution in [0.25, 0.3) is 5.69 Å². The zero-order valence-electron chi connectivity index (χ0n) is 23.4. The van der Waals surface area contributed by atoms with Crippen LogP contribution in [-0.4, -0.2) is 51.5 Å². The van der Waals surface area contributed by atoms with Gasteiger partial charge in [0, 0.05) is 17.5 Å². The van der Waals surface area contributed by atoms with E-state index in [-0.39, 0.29) is 29.8 Å². The maximum atomic E-state index is 14.6. The summed E-state index contributed by atoms with van der Waals surface area (Å²) in [5.74, 6) is -2.29. The van der Waals surface area contributed by atoms with Gasteiger partial charge in [-0.1, -0.05) is 13.8 Å². The summed E-state index contributed by atoms with van der Waals surface area (Å²) in [5.41, 5.74) is 0.0912. The number of carbonyl (C=O) groups excluding carboxylic acids is 3. The number of amides is 2. The molecule has 4 rings (SSSR count). The molecule has 1 heterocycles. The summed E-state index contributed by atoms with van der Waals surface area (Å²) in [6.45, 7) is 11.9. The highest BCUT2D eigenvalue weighted by Gasteiger charge is 2.50. The third-order valence-corrected chi connectivity index (χ3v) is 6.74. The minimum absolute atomic E-state index is 0.0876. The molecule has 0 saturated heterocycles. The Hall–Kier alpha value is -3.50. The van der Waals surface area contributed by atoms with Gasteiger partial charge in [-0.15, -0.1) is 0 Å². The highest BCUT2D eigenvalue weighted by molar-refractivity contribution is 5.95. The number of esters is 1. The largest absolute Gasteiger partial charge is 0.462 e. The van der Waals surface area contributed by atoms with Crippen LogP contribution >= 0.6 is 0 Å². The molecule has 39 heavy (non-hydrogen) atoms. The number of nitrogens with one attached hydrogen (secondary N) is 2. The number of benzene rings is 1. The van der Waals surface area contributed by atoms with Gasteiger partial charge in [-0.2, -0.15) is 5.10 Å². The topological polar surface area (TPSA) is 112 Å². The number of aromatic nitrogens is 2. The summed E-state index contributed by atoms with van der Waals surface area (Å²) < 4.78 is 40.2. The molecule has 1 saturated carbocycles. The quantitative estimate of drug-likeness (QED) is 0.475. The fourth-order valence-electron chi connectivity index (χ4n) is 4.81. The summed E-state index contributed by atoms with van der Waals surface area (Å²) in [5, 5.41) is 9.84. The highest BCUT2D eigenvalue weighted by atomic mass is 19.1. The second-order valence-electron chi connectivity index (χ2n) is 12.3. The van der Waals surface area contributed by atoms with Crippen molar-refractivity contribution in [3.8, 4) is 5.69 Å². The molecular weight excluding hydrogens is 510 g/mol. The molecule has 0 aliphatic heterocycles. The van der Waals surface area contributed by atoms with E-state index in [2.05, 4.69) is 15.7 Å². The van der Waals surface area contributed by atoms with Gasteiger partial charge in [0.1, 0.15) is 29.8 Å². The number of hydrogen-bond donors (Lipinski definition) is 2. The molecule has 3 atom stereocenters. The maximum absolute atomic E-state index is 14.6. The average Bonchev–Trinajstić information content (AvgIpc) is 3.29. The van der Waals surface area contributed by atoms with Gasteiger partial charge in [-0.05, 0) is 71.4 Å². The molecule has 0 spiro atoms. The van der Waals surface area contributed by atoms with Crippen LogP contribution < -0.4 is 10.6 Å². The molecule has 0 radical (unpaired) electrons.